The fraction of sp³-hybridized carbons (Fsp3) is 0.467. The smallest absolute Gasteiger partial charge is 0.169 e. The minimum Gasteiger partial charge on any atom is -0.493 e. The Morgan fingerprint density at radius 3 is 2.85 bits per heavy atom. The zero-order valence-electron chi connectivity index (χ0n) is 12.1. The number of ether oxygens (including phenoxy) is 1. The average Bonchev–Trinajstić information content (AvgIpc) is 2.94. The SMILES string of the molecule is CC(C)(C)c1c(N)nnn1CC1COc2ccccc21. The van der Waals surface area contributed by atoms with Gasteiger partial charge in [0.2, 0.25) is 0 Å². The molecule has 1 aliphatic rings. The van der Waals surface area contributed by atoms with Gasteiger partial charge in [0.25, 0.3) is 0 Å². The van der Waals surface area contributed by atoms with Crippen LogP contribution in [0, 0.1) is 0 Å². The number of anilines is 1. The summed E-state index contributed by atoms with van der Waals surface area (Å²) in [7, 11) is 0. The molecule has 0 saturated heterocycles. The van der Waals surface area contributed by atoms with Crippen molar-refractivity contribution in [2.45, 2.75) is 38.6 Å². The van der Waals surface area contributed by atoms with Crippen LogP contribution in [0.15, 0.2) is 24.3 Å². The monoisotopic (exact) mass is 272 g/mol. The summed E-state index contributed by atoms with van der Waals surface area (Å²) in [6.45, 7) is 7.80. The van der Waals surface area contributed by atoms with Crippen LogP contribution in [0.4, 0.5) is 5.82 Å². The summed E-state index contributed by atoms with van der Waals surface area (Å²) in [5.74, 6) is 1.79. The van der Waals surface area contributed by atoms with Crippen LogP contribution in [0.3, 0.4) is 0 Å². The van der Waals surface area contributed by atoms with Crippen LogP contribution >= 0.6 is 0 Å². The molecule has 5 nitrogen and oxygen atoms in total. The van der Waals surface area contributed by atoms with E-state index in [1.165, 1.54) is 5.56 Å². The van der Waals surface area contributed by atoms with Crippen LogP contribution in [-0.4, -0.2) is 21.6 Å². The number of benzene rings is 1. The summed E-state index contributed by atoms with van der Waals surface area (Å²) in [5.41, 5.74) is 8.12. The molecule has 0 amide bonds. The summed E-state index contributed by atoms with van der Waals surface area (Å²) < 4.78 is 7.64. The Hall–Kier alpha value is -2.04. The first-order valence-electron chi connectivity index (χ1n) is 6.88. The molecule has 20 heavy (non-hydrogen) atoms. The Bertz CT molecular complexity index is 627. The second-order valence-electron chi connectivity index (χ2n) is 6.30. The Kier molecular flexibility index (Phi) is 2.92. The van der Waals surface area contributed by atoms with Crippen molar-refractivity contribution in [1.29, 1.82) is 0 Å². The van der Waals surface area contributed by atoms with Crippen molar-refractivity contribution < 1.29 is 4.74 Å². The first kappa shape index (κ1) is 13.0. The average molecular weight is 272 g/mol. The minimum atomic E-state index is -0.0768. The lowest BCUT2D eigenvalue weighted by Crippen LogP contribution is -2.22. The Labute approximate surface area is 118 Å². The number of aromatic nitrogens is 3. The summed E-state index contributed by atoms with van der Waals surface area (Å²) in [6.07, 6.45) is 0. The van der Waals surface area contributed by atoms with Crippen LogP contribution in [0.1, 0.15) is 37.9 Å². The van der Waals surface area contributed by atoms with Gasteiger partial charge in [0.1, 0.15) is 5.75 Å². The van der Waals surface area contributed by atoms with E-state index in [0.717, 1.165) is 18.0 Å². The van der Waals surface area contributed by atoms with Gasteiger partial charge in [-0.05, 0) is 6.07 Å². The Morgan fingerprint density at radius 1 is 1.35 bits per heavy atom. The molecule has 0 fully saturated rings. The molecule has 0 aliphatic carbocycles. The molecule has 0 spiro atoms. The molecule has 2 N–H and O–H groups in total. The lowest BCUT2D eigenvalue weighted by atomic mass is 9.91. The summed E-state index contributed by atoms with van der Waals surface area (Å²) >= 11 is 0. The molecule has 1 aromatic carbocycles. The number of para-hydroxylation sites is 1. The van der Waals surface area contributed by atoms with Crippen LogP contribution in [-0.2, 0) is 12.0 Å². The highest BCUT2D eigenvalue weighted by Gasteiger charge is 2.29. The number of nitrogen functional groups attached to an aromatic ring is 1. The summed E-state index contributed by atoms with van der Waals surface area (Å²) in [4.78, 5) is 0. The largest absolute Gasteiger partial charge is 0.493 e. The normalized spacial score (nSPS) is 17.9. The third-order valence-electron chi connectivity index (χ3n) is 3.66. The van der Waals surface area contributed by atoms with Crippen molar-refractivity contribution in [2.24, 2.45) is 0 Å². The highest BCUT2D eigenvalue weighted by atomic mass is 16.5. The highest BCUT2D eigenvalue weighted by molar-refractivity contribution is 5.41. The topological polar surface area (TPSA) is 66.0 Å². The van der Waals surface area contributed by atoms with Crippen molar-refractivity contribution in [1.82, 2.24) is 15.0 Å². The van der Waals surface area contributed by atoms with Crippen LogP contribution in [0.5, 0.6) is 5.75 Å². The maximum Gasteiger partial charge on any atom is 0.169 e. The van der Waals surface area contributed by atoms with Gasteiger partial charge in [0.15, 0.2) is 5.82 Å². The van der Waals surface area contributed by atoms with Crippen molar-refractivity contribution in [2.75, 3.05) is 12.3 Å². The zero-order chi connectivity index (χ0) is 14.3. The molecule has 2 aromatic rings. The second-order valence-corrected chi connectivity index (χ2v) is 6.30. The van der Waals surface area contributed by atoms with Crippen molar-refractivity contribution >= 4 is 5.82 Å². The van der Waals surface area contributed by atoms with Gasteiger partial charge in [-0.25, -0.2) is 4.68 Å². The van der Waals surface area contributed by atoms with Crippen LogP contribution in [0.2, 0.25) is 0 Å². The third-order valence-corrected chi connectivity index (χ3v) is 3.66. The van der Waals surface area contributed by atoms with E-state index in [0.29, 0.717) is 18.3 Å². The fourth-order valence-corrected chi connectivity index (χ4v) is 2.81. The summed E-state index contributed by atoms with van der Waals surface area (Å²) in [5, 5.41) is 8.24. The zero-order valence-corrected chi connectivity index (χ0v) is 12.1. The molecule has 0 bridgehead atoms. The molecule has 2 heterocycles. The molecule has 0 saturated carbocycles. The van der Waals surface area contributed by atoms with E-state index in [9.17, 15) is 0 Å². The van der Waals surface area contributed by atoms with Crippen molar-refractivity contribution in [3.8, 4) is 5.75 Å². The molecule has 106 valence electrons. The molecule has 3 rings (SSSR count). The van der Waals surface area contributed by atoms with Gasteiger partial charge in [0, 0.05) is 16.9 Å². The quantitative estimate of drug-likeness (QED) is 0.911. The van der Waals surface area contributed by atoms with E-state index < -0.39 is 0 Å². The predicted molar refractivity (Wildman–Crippen MR) is 77.8 cm³/mol. The number of nitrogens with zero attached hydrogens (tertiary/aromatic N) is 3. The molecule has 1 aliphatic heterocycles. The lowest BCUT2D eigenvalue weighted by Gasteiger charge is -2.21. The second kappa shape index (κ2) is 4.51. The Morgan fingerprint density at radius 2 is 2.10 bits per heavy atom. The number of rotatable bonds is 2. The molecule has 1 atom stereocenters. The lowest BCUT2D eigenvalue weighted by molar-refractivity contribution is 0.309. The first-order valence-corrected chi connectivity index (χ1v) is 6.88. The third kappa shape index (κ3) is 2.13. The number of nitrogens with two attached hydrogens (primary N) is 1. The van der Waals surface area contributed by atoms with Gasteiger partial charge in [0.05, 0.1) is 18.8 Å². The van der Waals surface area contributed by atoms with Crippen LogP contribution in [0.25, 0.3) is 0 Å². The molecule has 5 heteroatoms. The number of fused-ring (bicyclic) bond motifs is 1. The van der Waals surface area contributed by atoms with E-state index in [1.807, 2.05) is 22.9 Å². The van der Waals surface area contributed by atoms with E-state index in [-0.39, 0.29) is 5.41 Å². The van der Waals surface area contributed by atoms with Crippen molar-refractivity contribution in [3.05, 3.63) is 35.5 Å². The maximum absolute atomic E-state index is 5.97. The van der Waals surface area contributed by atoms with E-state index in [1.54, 1.807) is 0 Å². The fourth-order valence-electron chi connectivity index (χ4n) is 2.81. The van der Waals surface area contributed by atoms with Crippen molar-refractivity contribution in [3.63, 3.8) is 0 Å². The molecule has 0 radical (unpaired) electrons. The standard InChI is InChI=1S/C15H20N4O/c1-15(2,3)13-14(16)17-18-19(13)8-10-9-20-12-7-5-4-6-11(10)12/h4-7,10H,8-9,16H2,1-3H3. The molecule has 1 unspecified atom stereocenters. The maximum atomic E-state index is 5.97. The van der Waals surface area contributed by atoms with Crippen LogP contribution < -0.4 is 10.5 Å². The highest BCUT2D eigenvalue weighted by Crippen LogP contribution is 2.35. The number of hydrogen-bond donors (Lipinski definition) is 1. The van der Waals surface area contributed by atoms with Gasteiger partial charge in [-0.15, -0.1) is 5.10 Å². The first-order chi connectivity index (χ1) is 9.47. The van der Waals surface area contributed by atoms with E-state index in [2.05, 4.69) is 37.1 Å². The van der Waals surface area contributed by atoms with Gasteiger partial charge in [-0.3, -0.25) is 0 Å². The summed E-state index contributed by atoms with van der Waals surface area (Å²) in [6, 6.07) is 8.16. The minimum absolute atomic E-state index is 0.0768. The molecule has 1 aromatic heterocycles. The van der Waals surface area contributed by atoms with Gasteiger partial charge < -0.3 is 10.5 Å². The van der Waals surface area contributed by atoms with Gasteiger partial charge in [-0.1, -0.05) is 44.2 Å². The molecular formula is C15H20N4O. The number of hydrogen-bond acceptors (Lipinski definition) is 4. The van der Waals surface area contributed by atoms with E-state index >= 15 is 0 Å². The predicted octanol–water partition coefficient (Wildman–Crippen LogP) is 2.33. The molecular weight excluding hydrogens is 252 g/mol. The Balaban J connectivity index is 1.91. The van der Waals surface area contributed by atoms with E-state index in [4.69, 9.17) is 10.5 Å². The van der Waals surface area contributed by atoms with Gasteiger partial charge in [-0.2, -0.15) is 0 Å². The van der Waals surface area contributed by atoms with Gasteiger partial charge >= 0.3 is 0 Å².